The third-order valence-electron chi connectivity index (χ3n) is 2.69. The number of fused-ring (bicyclic) bond motifs is 1. The fraction of sp³-hybridized carbons (Fsp3) is 0.357. The van der Waals surface area contributed by atoms with E-state index in [-0.39, 0.29) is 10.3 Å². The Kier molecular flexibility index (Phi) is 4.17. The van der Waals surface area contributed by atoms with Gasteiger partial charge in [-0.25, -0.2) is 0 Å². The molecule has 2 nitrogen and oxygen atoms in total. The Labute approximate surface area is 119 Å². The van der Waals surface area contributed by atoms with E-state index in [0.29, 0.717) is 16.1 Å². The van der Waals surface area contributed by atoms with Gasteiger partial charge < -0.3 is 4.42 Å². The number of benzene rings is 1. The molecule has 18 heavy (non-hydrogen) atoms. The number of hydrogen-bond donors (Lipinski definition) is 0. The molecule has 0 spiro atoms. The maximum atomic E-state index is 12.1. The first kappa shape index (κ1) is 13.7. The summed E-state index contributed by atoms with van der Waals surface area (Å²) in [6, 6.07) is 5.53. The predicted octanol–water partition coefficient (Wildman–Crippen LogP) is 4.67. The summed E-state index contributed by atoms with van der Waals surface area (Å²) in [6.07, 6.45) is 0. The smallest absolute Gasteiger partial charge is 0.193 e. The van der Waals surface area contributed by atoms with Crippen molar-refractivity contribution in [2.24, 2.45) is 0 Å². The summed E-state index contributed by atoms with van der Waals surface area (Å²) in [5, 5.41) is 1.35. The van der Waals surface area contributed by atoms with E-state index < -0.39 is 0 Å². The minimum Gasteiger partial charge on any atom is -0.449 e. The number of rotatable bonds is 3. The summed E-state index contributed by atoms with van der Waals surface area (Å²) in [6.45, 7) is 6.07. The Morgan fingerprint density at radius 1 is 1.39 bits per heavy atom. The quantitative estimate of drug-likeness (QED) is 0.606. The molecule has 1 aromatic carbocycles. The van der Waals surface area contributed by atoms with Crippen LogP contribution < -0.4 is 5.43 Å². The highest BCUT2D eigenvalue weighted by molar-refractivity contribution is 9.09. The lowest BCUT2D eigenvalue weighted by atomic mass is 10.0. The summed E-state index contributed by atoms with van der Waals surface area (Å²) >= 11 is 5.10. The Morgan fingerprint density at radius 3 is 2.72 bits per heavy atom. The fourth-order valence-electron chi connectivity index (χ4n) is 1.92. The molecule has 0 saturated carbocycles. The van der Waals surface area contributed by atoms with Crippen molar-refractivity contribution >= 4 is 38.7 Å². The molecule has 0 saturated heterocycles. The average Bonchev–Trinajstić information content (AvgIpc) is 2.29. The van der Waals surface area contributed by atoms with Crippen molar-refractivity contribution in [3.63, 3.8) is 0 Å². The van der Waals surface area contributed by atoms with Gasteiger partial charge in [-0.2, -0.15) is 0 Å². The zero-order valence-electron chi connectivity index (χ0n) is 10.6. The first-order valence-electron chi connectivity index (χ1n) is 5.88. The standard InChI is InChI=1S/C14H15BrO2S/c1-4-18-13-7-12(16)11-6-8(2)5-10(9(3)15)14(11)17-13/h5-7,9H,4H2,1-3H3. The highest BCUT2D eigenvalue weighted by Gasteiger charge is 2.13. The zero-order valence-corrected chi connectivity index (χ0v) is 13.0. The summed E-state index contributed by atoms with van der Waals surface area (Å²) in [4.78, 5) is 12.3. The minimum absolute atomic E-state index is 0.0327. The average molecular weight is 327 g/mol. The maximum Gasteiger partial charge on any atom is 0.193 e. The van der Waals surface area contributed by atoms with E-state index in [2.05, 4.69) is 22.0 Å². The summed E-state index contributed by atoms with van der Waals surface area (Å²) in [7, 11) is 0. The number of thioether (sulfide) groups is 1. The first-order chi connectivity index (χ1) is 8.52. The molecule has 4 heteroatoms. The molecule has 0 radical (unpaired) electrons. The summed E-state index contributed by atoms with van der Waals surface area (Å²) < 4.78 is 5.86. The van der Waals surface area contributed by atoms with Crippen LogP contribution in [0.4, 0.5) is 0 Å². The molecule has 0 fully saturated rings. The second-order valence-corrected chi connectivity index (χ2v) is 6.85. The van der Waals surface area contributed by atoms with Crippen molar-refractivity contribution in [3.8, 4) is 0 Å². The van der Waals surface area contributed by atoms with E-state index in [1.54, 1.807) is 17.8 Å². The normalized spacial score (nSPS) is 12.9. The van der Waals surface area contributed by atoms with Gasteiger partial charge in [0.15, 0.2) is 10.5 Å². The lowest BCUT2D eigenvalue weighted by Gasteiger charge is -2.10. The van der Waals surface area contributed by atoms with Gasteiger partial charge in [-0.3, -0.25) is 4.79 Å². The Hall–Kier alpha value is -0.740. The van der Waals surface area contributed by atoms with Crippen molar-refractivity contribution in [1.29, 1.82) is 0 Å². The van der Waals surface area contributed by atoms with Gasteiger partial charge in [0, 0.05) is 16.5 Å². The van der Waals surface area contributed by atoms with Gasteiger partial charge in [0.1, 0.15) is 5.58 Å². The lowest BCUT2D eigenvalue weighted by Crippen LogP contribution is -2.03. The molecule has 0 aliphatic carbocycles. The van der Waals surface area contributed by atoms with Gasteiger partial charge in [0.2, 0.25) is 0 Å². The van der Waals surface area contributed by atoms with Crippen LogP contribution in [0, 0.1) is 6.92 Å². The van der Waals surface area contributed by atoms with E-state index >= 15 is 0 Å². The van der Waals surface area contributed by atoms with Crippen molar-refractivity contribution in [1.82, 2.24) is 0 Å². The van der Waals surface area contributed by atoms with Crippen LogP contribution in [-0.2, 0) is 0 Å². The second-order valence-electron chi connectivity index (χ2n) is 4.21. The van der Waals surface area contributed by atoms with Crippen molar-refractivity contribution < 1.29 is 4.42 Å². The van der Waals surface area contributed by atoms with Gasteiger partial charge in [-0.05, 0) is 31.2 Å². The third-order valence-corrected chi connectivity index (χ3v) is 3.96. The van der Waals surface area contributed by atoms with E-state index in [1.165, 1.54) is 0 Å². The van der Waals surface area contributed by atoms with Gasteiger partial charge in [0.25, 0.3) is 0 Å². The number of aryl methyl sites for hydroxylation is 1. The Balaban J connectivity index is 2.79. The van der Waals surface area contributed by atoms with Crippen LogP contribution in [-0.4, -0.2) is 5.75 Å². The van der Waals surface area contributed by atoms with Gasteiger partial charge in [-0.15, -0.1) is 0 Å². The SMILES string of the molecule is CCSc1cc(=O)c2cc(C)cc(C(C)Br)c2o1. The fourth-order valence-corrected chi connectivity index (χ4v) is 2.88. The molecule has 0 aliphatic heterocycles. The molecular weight excluding hydrogens is 312 g/mol. The second kappa shape index (κ2) is 5.49. The number of hydrogen-bond acceptors (Lipinski definition) is 3. The maximum absolute atomic E-state index is 12.1. The molecule has 2 rings (SSSR count). The first-order valence-corrected chi connectivity index (χ1v) is 7.78. The largest absolute Gasteiger partial charge is 0.449 e. The zero-order chi connectivity index (χ0) is 13.3. The lowest BCUT2D eigenvalue weighted by molar-refractivity contribution is 0.497. The molecule has 0 amide bonds. The molecule has 0 bridgehead atoms. The highest BCUT2D eigenvalue weighted by atomic mass is 79.9. The van der Waals surface area contributed by atoms with Crippen LogP contribution in [0.1, 0.15) is 29.8 Å². The molecule has 1 unspecified atom stereocenters. The van der Waals surface area contributed by atoms with Crippen LogP contribution in [0.5, 0.6) is 0 Å². The molecule has 1 aromatic heterocycles. The van der Waals surface area contributed by atoms with Crippen molar-refractivity contribution in [3.05, 3.63) is 39.5 Å². The molecule has 1 heterocycles. The van der Waals surface area contributed by atoms with E-state index in [1.807, 2.05) is 26.8 Å². The van der Waals surface area contributed by atoms with Gasteiger partial charge in [0.05, 0.1) is 5.39 Å². The minimum atomic E-state index is 0.0327. The Bertz CT molecular complexity index is 631. The molecule has 96 valence electrons. The monoisotopic (exact) mass is 326 g/mol. The van der Waals surface area contributed by atoms with Gasteiger partial charge >= 0.3 is 0 Å². The van der Waals surface area contributed by atoms with Crippen LogP contribution in [0.3, 0.4) is 0 Å². The number of alkyl halides is 1. The molecule has 1 atom stereocenters. The predicted molar refractivity (Wildman–Crippen MR) is 81.0 cm³/mol. The van der Waals surface area contributed by atoms with E-state index in [0.717, 1.165) is 16.9 Å². The highest BCUT2D eigenvalue weighted by Crippen LogP contribution is 2.31. The topological polar surface area (TPSA) is 30.2 Å². The van der Waals surface area contributed by atoms with Gasteiger partial charge in [-0.1, -0.05) is 40.7 Å². The van der Waals surface area contributed by atoms with Crippen LogP contribution >= 0.6 is 27.7 Å². The van der Waals surface area contributed by atoms with Crippen molar-refractivity contribution in [2.45, 2.75) is 30.7 Å². The van der Waals surface area contributed by atoms with Crippen LogP contribution in [0.2, 0.25) is 0 Å². The van der Waals surface area contributed by atoms with Crippen LogP contribution in [0.25, 0.3) is 11.0 Å². The molecule has 2 aromatic rings. The summed E-state index contributed by atoms with van der Waals surface area (Å²) in [5.74, 6) is 0.888. The van der Waals surface area contributed by atoms with E-state index in [4.69, 9.17) is 4.42 Å². The van der Waals surface area contributed by atoms with E-state index in [9.17, 15) is 4.79 Å². The number of halogens is 1. The van der Waals surface area contributed by atoms with Crippen molar-refractivity contribution in [2.75, 3.05) is 5.75 Å². The van der Waals surface area contributed by atoms with Crippen LogP contribution in [0.15, 0.2) is 32.5 Å². The molecule has 0 aliphatic rings. The molecule has 0 N–H and O–H groups in total. The molecular formula is C14H15BrO2S. The third kappa shape index (κ3) is 2.64. The summed E-state index contributed by atoms with van der Waals surface area (Å²) in [5.41, 5.74) is 2.84. The Morgan fingerprint density at radius 2 is 2.11 bits per heavy atom.